The summed E-state index contributed by atoms with van der Waals surface area (Å²) in [6.07, 6.45) is 0.216. The van der Waals surface area contributed by atoms with Gasteiger partial charge in [0.2, 0.25) is 5.91 Å². The summed E-state index contributed by atoms with van der Waals surface area (Å²) in [6.45, 7) is 0.605. The largest absolute Gasteiger partial charge is 0.355 e. The van der Waals surface area contributed by atoms with Crippen molar-refractivity contribution in [1.82, 2.24) is 5.32 Å². The Kier molecular flexibility index (Phi) is 5.62. The number of amides is 1. The molecule has 1 N–H and O–H groups in total. The van der Waals surface area contributed by atoms with Crippen molar-refractivity contribution in [2.45, 2.75) is 11.3 Å². The average molecular weight is 289 g/mol. The second-order valence-corrected chi connectivity index (χ2v) is 5.49. The summed E-state index contributed by atoms with van der Waals surface area (Å²) in [6, 6.07) is 16.2. The summed E-state index contributed by atoms with van der Waals surface area (Å²) < 4.78 is 13.0. The van der Waals surface area contributed by atoms with E-state index in [1.54, 1.807) is 23.9 Å². The fraction of sp³-hybridized carbons (Fsp3) is 0.188. The van der Waals surface area contributed by atoms with E-state index < -0.39 is 0 Å². The predicted molar refractivity (Wildman–Crippen MR) is 80.3 cm³/mol. The number of nitrogens with one attached hydrogen (secondary N) is 1. The number of carbonyl (C=O) groups is 1. The highest BCUT2D eigenvalue weighted by atomic mass is 32.2. The minimum absolute atomic E-state index is 0.0794. The van der Waals surface area contributed by atoms with Crippen LogP contribution in [0, 0.1) is 5.82 Å². The summed E-state index contributed by atoms with van der Waals surface area (Å²) in [5, 5.41) is 2.84. The van der Waals surface area contributed by atoms with E-state index in [9.17, 15) is 9.18 Å². The zero-order valence-electron chi connectivity index (χ0n) is 11.0. The van der Waals surface area contributed by atoms with Crippen LogP contribution in [0.1, 0.15) is 5.56 Å². The molecule has 0 aliphatic rings. The summed E-state index contributed by atoms with van der Waals surface area (Å²) >= 11 is 1.70. The topological polar surface area (TPSA) is 29.1 Å². The van der Waals surface area contributed by atoms with E-state index in [4.69, 9.17) is 0 Å². The van der Waals surface area contributed by atoms with E-state index in [0.717, 1.165) is 5.75 Å². The van der Waals surface area contributed by atoms with Gasteiger partial charge in [0.05, 0.1) is 6.42 Å². The number of halogens is 1. The highest BCUT2D eigenvalue weighted by Crippen LogP contribution is 2.15. The van der Waals surface area contributed by atoms with Gasteiger partial charge in [0.25, 0.3) is 0 Å². The van der Waals surface area contributed by atoms with Gasteiger partial charge in [-0.3, -0.25) is 4.79 Å². The maximum absolute atomic E-state index is 13.0. The molecular formula is C16H16FNOS. The molecule has 0 atom stereocenters. The van der Waals surface area contributed by atoms with E-state index in [-0.39, 0.29) is 18.1 Å². The molecular weight excluding hydrogens is 273 g/mol. The van der Waals surface area contributed by atoms with Gasteiger partial charge in [-0.05, 0) is 29.8 Å². The van der Waals surface area contributed by atoms with E-state index in [1.807, 2.05) is 30.3 Å². The molecule has 104 valence electrons. The summed E-state index contributed by atoms with van der Waals surface area (Å²) in [4.78, 5) is 12.9. The lowest BCUT2D eigenvalue weighted by Crippen LogP contribution is -2.27. The zero-order valence-corrected chi connectivity index (χ0v) is 11.8. The minimum atomic E-state index is -0.310. The number of hydrogen-bond donors (Lipinski definition) is 1. The van der Waals surface area contributed by atoms with Gasteiger partial charge in [0.15, 0.2) is 0 Å². The molecule has 0 bridgehead atoms. The second-order valence-electron chi connectivity index (χ2n) is 4.32. The fourth-order valence-electron chi connectivity index (χ4n) is 1.77. The molecule has 2 aromatic rings. The van der Waals surface area contributed by atoms with Crippen molar-refractivity contribution >= 4 is 17.7 Å². The first-order valence-corrected chi connectivity index (χ1v) is 7.41. The molecule has 0 aliphatic heterocycles. The van der Waals surface area contributed by atoms with Crippen molar-refractivity contribution in [3.05, 3.63) is 66.0 Å². The molecule has 4 heteroatoms. The Morgan fingerprint density at radius 1 is 1.10 bits per heavy atom. The number of benzene rings is 2. The highest BCUT2D eigenvalue weighted by Gasteiger charge is 2.03. The number of rotatable bonds is 6. The maximum atomic E-state index is 13.0. The van der Waals surface area contributed by atoms with Crippen LogP contribution in [0.3, 0.4) is 0 Å². The quantitative estimate of drug-likeness (QED) is 0.653. The van der Waals surface area contributed by atoms with Crippen LogP contribution in [0.2, 0.25) is 0 Å². The molecule has 0 aromatic heterocycles. The Bertz CT molecular complexity index is 559. The van der Waals surface area contributed by atoms with Crippen LogP contribution < -0.4 is 5.32 Å². The van der Waals surface area contributed by atoms with Crippen molar-refractivity contribution in [2.75, 3.05) is 12.3 Å². The molecule has 2 aromatic carbocycles. The SMILES string of the molecule is O=C(Cc1cccc(F)c1)NCCSc1ccccc1. The van der Waals surface area contributed by atoms with Gasteiger partial charge in [0, 0.05) is 17.2 Å². The molecule has 0 unspecified atom stereocenters. The molecule has 0 fully saturated rings. The van der Waals surface area contributed by atoms with Crippen LogP contribution in [-0.4, -0.2) is 18.2 Å². The Hall–Kier alpha value is -1.81. The lowest BCUT2D eigenvalue weighted by atomic mass is 10.1. The minimum Gasteiger partial charge on any atom is -0.355 e. The molecule has 0 saturated heterocycles. The van der Waals surface area contributed by atoms with Crippen molar-refractivity contribution in [1.29, 1.82) is 0 Å². The predicted octanol–water partition coefficient (Wildman–Crippen LogP) is 3.28. The van der Waals surface area contributed by atoms with Crippen LogP contribution in [0.5, 0.6) is 0 Å². The van der Waals surface area contributed by atoms with Crippen LogP contribution >= 0.6 is 11.8 Å². The first-order chi connectivity index (χ1) is 9.74. The standard InChI is InChI=1S/C16H16FNOS/c17-14-6-4-5-13(11-14)12-16(19)18-9-10-20-15-7-2-1-3-8-15/h1-8,11H,9-10,12H2,(H,18,19). The van der Waals surface area contributed by atoms with Gasteiger partial charge in [0.1, 0.15) is 5.82 Å². The van der Waals surface area contributed by atoms with Gasteiger partial charge in [-0.15, -0.1) is 11.8 Å². The van der Waals surface area contributed by atoms with Crippen molar-refractivity contribution in [3.8, 4) is 0 Å². The third kappa shape index (κ3) is 5.05. The number of carbonyl (C=O) groups excluding carboxylic acids is 1. The molecule has 1 amide bonds. The molecule has 2 rings (SSSR count). The average Bonchev–Trinajstić information content (AvgIpc) is 2.45. The number of hydrogen-bond acceptors (Lipinski definition) is 2. The third-order valence-electron chi connectivity index (χ3n) is 2.69. The van der Waals surface area contributed by atoms with Crippen LogP contribution in [0.4, 0.5) is 4.39 Å². The Morgan fingerprint density at radius 2 is 1.90 bits per heavy atom. The van der Waals surface area contributed by atoms with Gasteiger partial charge >= 0.3 is 0 Å². The van der Waals surface area contributed by atoms with E-state index >= 15 is 0 Å². The smallest absolute Gasteiger partial charge is 0.224 e. The Labute approximate surface area is 122 Å². The summed E-state index contributed by atoms with van der Waals surface area (Å²) in [7, 11) is 0. The first-order valence-electron chi connectivity index (χ1n) is 6.43. The molecule has 0 radical (unpaired) electrons. The normalized spacial score (nSPS) is 10.2. The molecule has 2 nitrogen and oxygen atoms in total. The lowest BCUT2D eigenvalue weighted by Gasteiger charge is -2.05. The van der Waals surface area contributed by atoms with Crippen LogP contribution in [0.25, 0.3) is 0 Å². The van der Waals surface area contributed by atoms with E-state index in [0.29, 0.717) is 12.1 Å². The van der Waals surface area contributed by atoms with Gasteiger partial charge < -0.3 is 5.32 Å². The lowest BCUT2D eigenvalue weighted by molar-refractivity contribution is -0.120. The number of thioether (sulfide) groups is 1. The van der Waals surface area contributed by atoms with E-state index in [2.05, 4.69) is 5.32 Å². The van der Waals surface area contributed by atoms with Gasteiger partial charge in [-0.25, -0.2) is 4.39 Å². The summed E-state index contributed by atoms with van der Waals surface area (Å²) in [5.74, 6) is 0.429. The zero-order chi connectivity index (χ0) is 14.2. The van der Waals surface area contributed by atoms with Crippen LogP contribution in [0.15, 0.2) is 59.5 Å². The Morgan fingerprint density at radius 3 is 2.65 bits per heavy atom. The summed E-state index contributed by atoms with van der Waals surface area (Å²) in [5.41, 5.74) is 0.693. The van der Waals surface area contributed by atoms with E-state index in [1.165, 1.54) is 17.0 Å². The molecule has 20 heavy (non-hydrogen) atoms. The first kappa shape index (κ1) is 14.6. The third-order valence-corrected chi connectivity index (χ3v) is 3.70. The van der Waals surface area contributed by atoms with Gasteiger partial charge in [-0.2, -0.15) is 0 Å². The molecule has 0 aliphatic carbocycles. The Balaban J connectivity index is 1.68. The monoisotopic (exact) mass is 289 g/mol. The second kappa shape index (κ2) is 7.70. The highest BCUT2D eigenvalue weighted by molar-refractivity contribution is 7.99. The fourth-order valence-corrected chi connectivity index (χ4v) is 2.56. The molecule has 0 spiro atoms. The molecule has 0 saturated carbocycles. The van der Waals surface area contributed by atoms with Crippen molar-refractivity contribution in [2.24, 2.45) is 0 Å². The van der Waals surface area contributed by atoms with Gasteiger partial charge in [-0.1, -0.05) is 30.3 Å². The van der Waals surface area contributed by atoms with Crippen LogP contribution in [-0.2, 0) is 11.2 Å². The van der Waals surface area contributed by atoms with Crippen molar-refractivity contribution < 1.29 is 9.18 Å². The maximum Gasteiger partial charge on any atom is 0.224 e. The molecule has 0 heterocycles. The van der Waals surface area contributed by atoms with Crippen molar-refractivity contribution in [3.63, 3.8) is 0 Å².